The van der Waals surface area contributed by atoms with Gasteiger partial charge >= 0.3 is 5.97 Å². The number of ether oxygens (including phenoxy) is 1. The zero-order valence-corrected chi connectivity index (χ0v) is 12.9. The van der Waals surface area contributed by atoms with Gasteiger partial charge in [-0.3, -0.25) is 4.79 Å². The van der Waals surface area contributed by atoms with Gasteiger partial charge in [0.15, 0.2) is 0 Å². The second-order valence-corrected chi connectivity index (χ2v) is 5.28. The lowest BCUT2D eigenvalue weighted by Crippen LogP contribution is -2.10. The van der Waals surface area contributed by atoms with E-state index in [4.69, 9.17) is 4.74 Å². The Morgan fingerprint density at radius 2 is 2.04 bits per heavy atom. The fourth-order valence-corrected chi connectivity index (χ4v) is 2.54. The molecular formula is C18H18N2O3. The summed E-state index contributed by atoms with van der Waals surface area (Å²) in [5.74, 6) is 0.502. The molecule has 0 saturated carbocycles. The van der Waals surface area contributed by atoms with Gasteiger partial charge in [0, 0.05) is 5.56 Å². The fourth-order valence-electron chi connectivity index (χ4n) is 2.54. The summed E-state index contributed by atoms with van der Waals surface area (Å²) in [6, 6.07) is 15.1. The van der Waals surface area contributed by atoms with Gasteiger partial charge in [0.1, 0.15) is 18.1 Å². The number of carboxylic acids is 1. The molecule has 0 bridgehead atoms. The normalized spacial score (nSPS) is 10.8. The maximum Gasteiger partial charge on any atom is 0.323 e. The Balaban J connectivity index is 2.09. The van der Waals surface area contributed by atoms with Gasteiger partial charge in [-0.05, 0) is 30.7 Å². The van der Waals surface area contributed by atoms with Crippen LogP contribution in [0.5, 0.6) is 5.75 Å². The molecule has 0 atom stereocenters. The molecule has 1 aromatic heterocycles. The van der Waals surface area contributed by atoms with Crippen molar-refractivity contribution in [2.24, 2.45) is 0 Å². The number of aliphatic carboxylic acids is 1. The Labute approximate surface area is 134 Å². The third-order valence-corrected chi connectivity index (χ3v) is 3.51. The number of aromatic nitrogens is 2. The number of benzene rings is 2. The van der Waals surface area contributed by atoms with E-state index in [-0.39, 0.29) is 6.54 Å². The van der Waals surface area contributed by atoms with E-state index in [0.29, 0.717) is 12.4 Å². The SMILES string of the molecule is CCCOc1cccc(-c2nc3ccccc3n2CC(=O)O)c1. The van der Waals surface area contributed by atoms with E-state index in [1.807, 2.05) is 48.5 Å². The molecule has 5 heteroatoms. The summed E-state index contributed by atoms with van der Waals surface area (Å²) in [5.41, 5.74) is 2.43. The van der Waals surface area contributed by atoms with E-state index in [1.54, 1.807) is 4.57 Å². The molecule has 0 fully saturated rings. The first kappa shape index (κ1) is 15.1. The molecule has 0 aliphatic carbocycles. The molecule has 0 spiro atoms. The molecule has 1 heterocycles. The van der Waals surface area contributed by atoms with Crippen molar-refractivity contribution in [3.8, 4) is 17.1 Å². The van der Waals surface area contributed by atoms with Crippen molar-refractivity contribution in [1.29, 1.82) is 0 Å². The molecule has 118 valence electrons. The Morgan fingerprint density at radius 1 is 1.22 bits per heavy atom. The maximum absolute atomic E-state index is 11.2. The first-order chi connectivity index (χ1) is 11.2. The minimum atomic E-state index is -0.896. The van der Waals surface area contributed by atoms with E-state index in [1.165, 1.54) is 0 Å². The van der Waals surface area contributed by atoms with Crippen LogP contribution in [0.15, 0.2) is 48.5 Å². The summed E-state index contributed by atoms with van der Waals surface area (Å²) in [6.45, 7) is 2.57. The summed E-state index contributed by atoms with van der Waals surface area (Å²) in [5, 5.41) is 9.21. The highest BCUT2D eigenvalue weighted by molar-refractivity contribution is 5.83. The third-order valence-electron chi connectivity index (χ3n) is 3.51. The summed E-state index contributed by atoms with van der Waals surface area (Å²) in [6.07, 6.45) is 0.932. The van der Waals surface area contributed by atoms with Crippen LogP contribution in [0.25, 0.3) is 22.4 Å². The molecule has 3 aromatic rings. The maximum atomic E-state index is 11.2. The fraction of sp³-hybridized carbons (Fsp3) is 0.222. The predicted molar refractivity (Wildman–Crippen MR) is 88.6 cm³/mol. The number of hydrogen-bond acceptors (Lipinski definition) is 3. The van der Waals surface area contributed by atoms with Crippen molar-refractivity contribution < 1.29 is 14.6 Å². The number of hydrogen-bond donors (Lipinski definition) is 1. The molecule has 0 saturated heterocycles. The zero-order valence-electron chi connectivity index (χ0n) is 12.9. The minimum absolute atomic E-state index is 0.129. The van der Waals surface area contributed by atoms with Crippen molar-refractivity contribution in [1.82, 2.24) is 9.55 Å². The second-order valence-electron chi connectivity index (χ2n) is 5.28. The molecule has 0 aliphatic heterocycles. The molecular weight excluding hydrogens is 292 g/mol. The van der Waals surface area contributed by atoms with Crippen LogP contribution in [0.4, 0.5) is 0 Å². The number of fused-ring (bicyclic) bond motifs is 1. The van der Waals surface area contributed by atoms with Crippen LogP contribution in [-0.4, -0.2) is 27.2 Å². The number of rotatable bonds is 6. The van der Waals surface area contributed by atoms with Gasteiger partial charge in [-0.15, -0.1) is 0 Å². The third kappa shape index (κ3) is 3.18. The average molecular weight is 310 g/mol. The minimum Gasteiger partial charge on any atom is -0.494 e. The monoisotopic (exact) mass is 310 g/mol. The van der Waals surface area contributed by atoms with Gasteiger partial charge in [-0.25, -0.2) is 4.98 Å². The molecule has 5 nitrogen and oxygen atoms in total. The van der Waals surface area contributed by atoms with Crippen LogP contribution in [0.3, 0.4) is 0 Å². The Kier molecular flexibility index (Phi) is 4.28. The van der Waals surface area contributed by atoms with Crippen molar-refractivity contribution in [2.75, 3.05) is 6.61 Å². The summed E-state index contributed by atoms with van der Waals surface area (Å²) in [7, 11) is 0. The number of carbonyl (C=O) groups is 1. The number of imidazole rings is 1. The van der Waals surface area contributed by atoms with Crippen LogP contribution >= 0.6 is 0 Å². The molecule has 0 amide bonds. The lowest BCUT2D eigenvalue weighted by molar-refractivity contribution is -0.137. The highest BCUT2D eigenvalue weighted by Gasteiger charge is 2.15. The van der Waals surface area contributed by atoms with E-state index < -0.39 is 5.97 Å². The highest BCUT2D eigenvalue weighted by Crippen LogP contribution is 2.27. The molecule has 0 unspecified atom stereocenters. The molecule has 0 radical (unpaired) electrons. The van der Waals surface area contributed by atoms with Crippen LogP contribution in [0.1, 0.15) is 13.3 Å². The Bertz CT molecular complexity index is 839. The van der Waals surface area contributed by atoms with Crippen LogP contribution in [-0.2, 0) is 11.3 Å². The smallest absolute Gasteiger partial charge is 0.323 e. The van der Waals surface area contributed by atoms with Gasteiger partial charge in [0.25, 0.3) is 0 Å². The van der Waals surface area contributed by atoms with Gasteiger partial charge in [-0.1, -0.05) is 31.2 Å². The first-order valence-electron chi connectivity index (χ1n) is 7.59. The quantitative estimate of drug-likeness (QED) is 0.756. The van der Waals surface area contributed by atoms with Crippen LogP contribution < -0.4 is 4.74 Å². The van der Waals surface area contributed by atoms with Crippen molar-refractivity contribution in [3.05, 3.63) is 48.5 Å². The van der Waals surface area contributed by atoms with Gasteiger partial charge in [-0.2, -0.15) is 0 Å². The number of carboxylic acid groups (broad SMARTS) is 1. The van der Waals surface area contributed by atoms with Gasteiger partial charge in [0.2, 0.25) is 0 Å². The van der Waals surface area contributed by atoms with Gasteiger partial charge < -0.3 is 14.4 Å². The Hall–Kier alpha value is -2.82. The zero-order chi connectivity index (χ0) is 16.2. The van der Waals surface area contributed by atoms with E-state index in [0.717, 1.165) is 28.8 Å². The van der Waals surface area contributed by atoms with E-state index >= 15 is 0 Å². The van der Waals surface area contributed by atoms with Crippen molar-refractivity contribution >= 4 is 17.0 Å². The van der Waals surface area contributed by atoms with Crippen LogP contribution in [0.2, 0.25) is 0 Å². The Morgan fingerprint density at radius 3 is 2.83 bits per heavy atom. The van der Waals surface area contributed by atoms with E-state index in [9.17, 15) is 9.90 Å². The van der Waals surface area contributed by atoms with Crippen molar-refractivity contribution in [2.45, 2.75) is 19.9 Å². The van der Waals surface area contributed by atoms with E-state index in [2.05, 4.69) is 11.9 Å². The first-order valence-corrected chi connectivity index (χ1v) is 7.59. The molecule has 0 aliphatic rings. The topological polar surface area (TPSA) is 64.4 Å². The summed E-state index contributed by atoms with van der Waals surface area (Å²) < 4.78 is 7.38. The van der Waals surface area contributed by atoms with Crippen LogP contribution in [0, 0.1) is 0 Å². The summed E-state index contributed by atoms with van der Waals surface area (Å²) >= 11 is 0. The second kappa shape index (κ2) is 6.52. The highest BCUT2D eigenvalue weighted by atomic mass is 16.5. The summed E-state index contributed by atoms with van der Waals surface area (Å²) in [4.78, 5) is 15.8. The molecule has 23 heavy (non-hydrogen) atoms. The molecule has 2 aromatic carbocycles. The number of para-hydroxylation sites is 2. The lowest BCUT2D eigenvalue weighted by Gasteiger charge is -2.09. The number of nitrogens with zero attached hydrogens (tertiary/aromatic N) is 2. The largest absolute Gasteiger partial charge is 0.494 e. The molecule has 1 N–H and O–H groups in total. The standard InChI is InChI=1S/C18H18N2O3/c1-2-10-23-14-7-5-6-13(11-14)18-19-15-8-3-4-9-16(15)20(18)12-17(21)22/h3-9,11H,2,10,12H2,1H3,(H,21,22). The molecule has 3 rings (SSSR count). The van der Waals surface area contributed by atoms with Gasteiger partial charge in [0.05, 0.1) is 17.6 Å². The lowest BCUT2D eigenvalue weighted by atomic mass is 10.2. The van der Waals surface area contributed by atoms with Crippen molar-refractivity contribution in [3.63, 3.8) is 0 Å². The average Bonchev–Trinajstić information content (AvgIpc) is 2.91. The predicted octanol–water partition coefficient (Wildman–Crippen LogP) is 3.58.